The highest BCUT2D eigenvalue weighted by molar-refractivity contribution is 5.75. The minimum absolute atomic E-state index is 0.159. The summed E-state index contributed by atoms with van der Waals surface area (Å²) in [6.45, 7) is 2.03. The molecule has 1 amide bonds. The lowest BCUT2D eigenvalue weighted by atomic mass is 10.1. The summed E-state index contributed by atoms with van der Waals surface area (Å²) in [5.41, 5.74) is -0.423. The fraction of sp³-hybridized carbons (Fsp3) is 0.294. The third-order valence-electron chi connectivity index (χ3n) is 3.58. The number of hydrogen-bond donors (Lipinski definition) is 1. The molecule has 0 aliphatic carbocycles. The van der Waals surface area contributed by atoms with Gasteiger partial charge >= 0.3 is 5.69 Å². The Kier molecular flexibility index (Phi) is 5.68. The van der Waals surface area contributed by atoms with E-state index in [0.29, 0.717) is 19.5 Å². The molecule has 0 bridgehead atoms. The second-order valence-corrected chi connectivity index (χ2v) is 5.20. The van der Waals surface area contributed by atoms with Gasteiger partial charge in [0, 0.05) is 19.3 Å². The molecule has 24 heavy (non-hydrogen) atoms. The standard InChI is InChI=1S/C17H18N4O3/c1-2-20-11-14(10-18)16(23)21(17(20)24)12-15(22)19-9-8-13-6-4-3-5-7-13/h3-7,11H,2,8-9,12H2,1H3,(H,19,22). The van der Waals surface area contributed by atoms with Crippen molar-refractivity contribution in [1.29, 1.82) is 5.26 Å². The molecule has 0 aliphatic rings. The van der Waals surface area contributed by atoms with Crippen LogP contribution in [0.1, 0.15) is 18.1 Å². The lowest BCUT2D eigenvalue weighted by molar-refractivity contribution is -0.121. The number of amides is 1. The van der Waals surface area contributed by atoms with E-state index in [-0.39, 0.29) is 5.56 Å². The lowest BCUT2D eigenvalue weighted by Crippen LogP contribution is -2.44. The van der Waals surface area contributed by atoms with Crippen molar-refractivity contribution >= 4 is 5.91 Å². The fourth-order valence-corrected chi connectivity index (χ4v) is 2.29. The number of aromatic nitrogens is 2. The van der Waals surface area contributed by atoms with Gasteiger partial charge in [0.15, 0.2) is 0 Å². The molecule has 0 saturated heterocycles. The summed E-state index contributed by atoms with van der Waals surface area (Å²) in [6.07, 6.45) is 1.87. The van der Waals surface area contributed by atoms with Crippen LogP contribution in [0, 0.1) is 11.3 Å². The van der Waals surface area contributed by atoms with Gasteiger partial charge in [0.1, 0.15) is 18.2 Å². The predicted molar refractivity (Wildman–Crippen MR) is 88.5 cm³/mol. The van der Waals surface area contributed by atoms with Gasteiger partial charge in [0.2, 0.25) is 5.91 Å². The Balaban J connectivity index is 2.08. The Morgan fingerprint density at radius 3 is 2.58 bits per heavy atom. The van der Waals surface area contributed by atoms with Crippen molar-refractivity contribution in [1.82, 2.24) is 14.5 Å². The molecule has 0 fully saturated rings. The van der Waals surface area contributed by atoms with Gasteiger partial charge in [-0.3, -0.25) is 14.2 Å². The van der Waals surface area contributed by atoms with Gasteiger partial charge < -0.3 is 5.32 Å². The topological polar surface area (TPSA) is 96.9 Å². The van der Waals surface area contributed by atoms with E-state index >= 15 is 0 Å². The maximum absolute atomic E-state index is 12.2. The zero-order valence-electron chi connectivity index (χ0n) is 13.4. The molecule has 2 rings (SSSR count). The maximum Gasteiger partial charge on any atom is 0.331 e. The van der Waals surface area contributed by atoms with Crippen LogP contribution >= 0.6 is 0 Å². The van der Waals surface area contributed by atoms with Crippen LogP contribution in [0.4, 0.5) is 0 Å². The van der Waals surface area contributed by atoms with Crippen LogP contribution < -0.4 is 16.6 Å². The van der Waals surface area contributed by atoms with Gasteiger partial charge in [-0.05, 0) is 18.9 Å². The summed E-state index contributed by atoms with van der Waals surface area (Å²) in [7, 11) is 0. The van der Waals surface area contributed by atoms with Gasteiger partial charge in [-0.2, -0.15) is 5.26 Å². The highest BCUT2D eigenvalue weighted by atomic mass is 16.2. The average Bonchev–Trinajstić information content (AvgIpc) is 2.60. The first-order valence-electron chi connectivity index (χ1n) is 7.61. The van der Waals surface area contributed by atoms with Crippen LogP contribution in [0.5, 0.6) is 0 Å². The Labute approximate surface area is 138 Å². The molecule has 1 aromatic heterocycles. The largest absolute Gasteiger partial charge is 0.354 e. The van der Waals surface area contributed by atoms with E-state index < -0.39 is 23.7 Å². The van der Waals surface area contributed by atoms with Crippen molar-refractivity contribution in [2.75, 3.05) is 6.54 Å². The predicted octanol–water partition coefficient (Wildman–Crippen LogP) is 0.260. The lowest BCUT2D eigenvalue weighted by Gasteiger charge is -2.10. The molecule has 124 valence electrons. The van der Waals surface area contributed by atoms with E-state index in [1.54, 1.807) is 13.0 Å². The van der Waals surface area contributed by atoms with Gasteiger partial charge in [-0.25, -0.2) is 9.36 Å². The minimum Gasteiger partial charge on any atom is -0.354 e. The summed E-state index contributed by atoms with van der Waals surface area (Å²) in [4.78, 5) is 36.2. The molecule has 1 heterocycles. The highest BCUT2D eigenvalue weighted by Gasteiger charge is 2.13. The zero-order valence-corrected chi connectivity index (χ0v) is 13.4. The van der Waals surface area contributed by atoms with Crippen LogP contribution in [0.2, 0.25) is 0 Å². The first kappa shape index (κ1) is 17.2. The van der Waals surface area contributed by atoms with Gasteiger partial charge in [-0.15, -0.1) is 0 Å². The van der Waals surface area contributed by atoms with Crippen LogP contribution in [0.15, 0.2) is 46.1 Å². The van der Waals surface area contributed by atoms with Crippen LogP contribution in [0.25, 0.3) is 0 Å². The third-order valence-corrected chi connectivity index (χ3v) is 3.58. The van der Waals surface area contributed by atoms with E-state index in [1.807, 2.05) is 30.3 Å². The summed E-state index contributed by atoms with van der Waals surface area (Å²) in [5, 5.41) is 11.7. The first-order valence-corrected chi connectivity index (χ1v) is 7.61. The molecule has 0 atom stereocenters. The van der Waals surface area contributed by atoms with Crippen molar-refractivity contribution in [3.8, 4) is 6.07 Å². The van der Waals surface area contributed by atoms with E-state index in [1.165, 1.54) is 10.8 Å². The van der Waals surface area contributed by atoms with E-state index in [9.17, 15) is 14.4 Å². The first-order chi connectivity index (χ1) is 11.6. The number of nitrogens with zero attached hydrogens (tertiary/aromatic N) is 3. The van der Waals surface area contributed by atoms with Crippen LogP contribution in [0.3, 0.4) is 0 Å². The number of hydrogen-bond acceptors (Lipinski definition) is 4. The molecule has 0 spiro atoms. The molecule has 7 heteroatoms. The number of benzene rings is 1. The Bertz CT molecular complexity index is 875. The van der Waals surface area contributed by atoms with Crippen LogP contribution in [-0.4, -0.2) is 21.6 Å². The molecule has 0 unspecified atom stereocenters. The number of nitriles is 1. The van der Waals surface area contributed by atoms with Crippen molar-refractivity contribution in [3.63, 3.8) is 0 Å². The quantitative estimate of drug-likeness (QED) is 0.823. The molecular formula is C17H18N4O3. The van der Waals surface area contributed by atoms with Gasteiger partial charge in [-0.1, -0.05) is 30.3 Å². The molecular weight excluding hydrogens is 308 g/mol. The summed E-state index contributed by atoms with van der Waals surface area (Å²) in [6, 6.07) is 11.4. The second kappa shape index (κ2) is 7.92. The van der Waals surface area contributed by atoms with E-state index in [4.69, 9.17) is 5.26 Å². The summed E-state index contributed by atoms with van der Waals surface area (Å²) >= 11 is 0. The maximum atomic E-state index is 12.2. The number of aryl methyl sites for hydroxylation is 1. The van der Waals surface area contributed by atoms with E-state index in [2.05, 4.69) is 5.32 Å². The molecule has 1 N–H and O–H groups in total. The molecule has 1 aromatic carbocycles. The number of rotatable bonds is 6. The minimum atomic E-state index is -0.745. The fourth-order valence-electron chi connectivity index (χ4n) is 2.29. The third kappa shape index (κ3) is 3.98. The van der Waals surface area contributed by atoms with Crippen molar-refractivity contribution in [2.45, 2.75) is 26.4 Å². The number of carbonyl (C=O) groups excluding carboxylic acids is 1. The Hall–Kier alpha value is -3.14. The van der Waals surface area contributed by atoms with Gasteiger partial charge in [0.25, 0.3) is 5.56 Å². The van der Waals surface area contributed by atoms with Crippen molar-refractivity contribution in [2.24, 2.45) is 0 Å². The average molecular weight is 326 g/mol. The molecule has 2 aromatic rings. The normalized spacial score (nSPS) is 10.2. The SMILES string of the molecule is CCn1cc(C#N)c(=O)n(CC(=O)NCCc2ccccc2)c1=O. The molecule has 0 aliphatic heterocycles. The molecule has 0 radical (unpaired) electrons. The van der Waals surface area contributed by atoms with E-state index in [0.717, 1.165) is 10.1 Å². The second-order valence-electron chi connectivity index (χ2n) is 5.20. The Morgan fingerprint density at radius 2 is 1.96 bits per heavy atom. The summed E-state index contributed by atoms with van der Waals surface area (Å²) in [5.74, 6) is -0.442. The molecule has 7 nitrogen and oxygen atoms in total. The number of nitrogens with one attached hydrogen (secondary N) is 1. The highest BCUT2D eigenvalue weighted by Crippen LogP contribution is 1.98. The Morgan fingerprint density at radius 1 is 1.25 bits per heavy atom. The van der Waals surface area contributed by atoms with Crippen molar-refractivity contribution in [3.05, 3.63) is 68.5 Å². The summed E-state index contributed by atoms with van der Waals surface area (Å²) < 4.78 is 2.02. The zero-order chi connectivity index (χ0) is 17.5. The smallest absolute Gasteiger partial charge is 0.331 e. The van der Waals surface area contributed by atoms with Crippen LogP contribution in [-0.2, 0) is 24.3 Å². The molecule has 0 saturated carbocycles. The number of carbonyl (C=O) groups is 1. The van der Waals surface area contributed by atoms with Crippen molar-refractivity contribution < 1.29 is 4.79 Å². The van der Waals surface area contributed by atoms with Gasteiger partial charge in [0.05, 0.1) is 0 Å². The monoisotopic (exact) mass is 326 g/mol.